The zero-order valence-electron chi connectivity index (χ0n) is 11.3. The van der Waals surface area contributed by atoms with Gasteiger partial charge in [-0.15, -0.1) is 0 Å². The number of amides is 2. The van der Waals surface area contributed by atoms with Crippen molar-refractivity contribution in [1.29, 1.82) is 0 Å². The number of carbonyl (C=O) groups is 1. The maximum Gasteiger partial charge on any atom is 0.320 e. The summed E-state index contributed by atoms with van der Waals surface area (Å²) in [6.07, 6.45) is 1.50. The molecule has 3 aromatic carbocycles. The van der Waals surface area contributed by atoms with Crippen molar-refractivity contribution in [3.05, 3.63) is 54.1 Å². The Hall–Kier alpha value is -2.88. The van der Waals surface area contributed by atoms with Crippen molar-refractivity contribution in [1.82, 2.24) is 4.90 Å². The van der Waals surface area contributed by atoms with Crippen molar-refractivity contribution < 1.29 is 4.79 Å². The summed E-state index contributed by atoms with van der Waals surface area (Å²) in [5.41, 5.74) is 7.29. The molecule has 4 heteroatoms. The number of fused-ring (bicyclic) bond motifs is 4. The van der Waals surface area contributed by atoms with Gasteiger partial charge in [-0.1, -0.05) is 30.3 Å². The molecule has 0 atom stereocenters. The number of urea groups is 1. The lowest BCUT2D eigenvalue weighted by atomic mass is 9.97. The largest absolute Gasteiger partial charge is 0.351 e. The van der Waals surface area contributed by atoms with Crippen molar-refractivity contribution in [3.63, 3.8) is 0 Å². The van der Waals surface area contributed by atoms with Gasteiger partial charge in [0.05, 0.1) is 18.6 Å². The van der Waals surface area contributed by atoms with Gasteiger partial charge in [-0.25, -0.2) is 9.79 Å². The maximum absolute atomic E-state index is 11.4. The lowest BCUT2D eigenvalue weighted by Crippen LogP contribution is -2.35. The Bertz CT molecular complexity index is 914. The summed E-state index contributed by atoms with van der Waals surface area (Å²) in [6, 6.07) is 16.1. The molecule has 0 unspecified atom stereocenters. The molecule has 0 spiro atoms. The van der Waals surface area contributed by atoms with E-state index < -0.39 is 6.03 Å². The average molecular weight is 275 g/mol. The fourth-order valence-corrected chi connectivity index (χ4v) is 2.83. The summed E-state index contributed by atoms with van der Waals surface area (Å²) < 4.78 is 0. The zero-order chi connectivity index (χ0) is 14.4. The number of nitrogens with zero attached hydrogens (tertiary/aromatic N) is 2. The first-order valence-electron chi connectivity index (χ1n) is 6.77. The molecule has 0 saturated carbocycles. The van der Waals surface area contributed by atoms with Crippen LogP contribution in [0.15, 0.2) is 53.5 Å². The maximum atomic E-state index is 11.4. The minimum atomic E-state index is -0.484. The third-order valence-corrected chi connectivity index (χ3v) is 3.92. The van der Waals surface area contributed by atoms with Crippen LogP contribution in [0.1, 0.15) is 5.56 Å². The van der Waals surface area contributed by atoms with Gasteiger partial charge in [0.2, 0.25) is 0 Å². The highest BCUT2D eigenvalue weighted by atomic mass is 16.2. The second-order valence-corrected chi connectivity index (χ2v) is 5.19. The van der Waals surface area contributed by atoms with E-state index >= 15 is 0 Å². The molecule has 3 aromatic rings. The molecule has 0 fully saturated rings. The first-order valence-corrected chi connectivity index (χ1v) is 6.77. The van der Waals surface area contributed by atoms with E-state index in [0.29, 0.717) is 6.54 Å². The number of benzene rings is 3. The molecule has 0 aliphatic carbocycles. The van der Waals surface area contributed by atoms with Gasteiger partial charge in [0.15, 0.2) is 0 Å². The first kappa shape index (κ1) is 11.9. The summed E-state index contributed by atoms with van der Waals surface area (Å²) >= 11 is 0. The normalized spacial score (nSPS) is 13.6. The smallest absolute Gasteiger partial charge is 0.320 e. The van der Waals surface area contributed by atoms with E-state index in [1.165, 1.54) is 22.0 Å². The Morgan fingerprint density at radius 3 is 2.57 bits per heavy atom. The Kier molecular flexibility index (Phi) is 2.44. The lowest BCUT2D eigenvalue weighted by molar-refractivity contribution is 0.229. The van der Waals surface area contributed by atoms with E-state index in [-0.39, 0.29) is 0 Å². The molecular weight excluding hydrogens is 262 g/mol. The SMILES string of the molecule is NC(=O)N1C=Nc2ccc3cc4ccccc4cc3c2C1. The van der Waals surface area contributed by atoms with Crippen LogP contribution in [0, 0.1) is 0 Å². The monoisotopic (exact) mass is 275 g/mol. The molecule has 1 aliphatic rings. The van der Waals surface area contributed by atoms with Crippen molar-refractivity contribution in [2.24, 2.45) is 10.7 Å². The van der Waals surface area contributed by atoms with Gasteiger partial charge in [-0.3, -0.25) is 4.90 Å². The van der Waals surface area contributed by atoms with E-state index in [0.717, 1.165) is 22.0 Å². The summed E-state index contributed by atoms with van der Waals surface area (Å²) in [5, 5.41) is 4.65. The molecule has 0 saturated heterocycles. The first-order chi connectivity index (χ1) is 10.2. The quantitative estimate of drug-likeness (QED) is 0.627. The molecule has 0 bridgehead atoms. The predicted molar refractivity (Wildman–Crippen MR) is 84.7 cm³/mol. The Morgan fingerprint density at radius 2 is 1.81 bits per heavy atom. The van der Waals surface area contributed by atoms with Gasteiger partial charge in [-0.05, 0) is 39.7 Å². The van der Waals surface area contributed by atoms with Crippen LogP contribution in [-0.2, 0) is 6.54 Å². The van der Waals surface area contributed by atoms with Gasteiger partial charge < -0.3 is 5.73 Å². The van der Waals surface area contributed by atoms with Gasteiger partial charge in [0.1, 0.15) is 0 Å². The molecule has 4 nitrogen and oxygen atoms in total. The highest BCUT2D eigenvalue weighted by Gasteiger charge is 2.18. The number of aliphatic imine (C=N–C) groups is 1. The number of rotatable bonds is 0. The average Bonchev–Trinajstić information content (AvgIpc) is 2.52. The molecular formula is C17H13N3O. The molecule has 102 valence electrons. The Labute approximate surface area is 121 Å². The van der Waals surface area contributed by atoms with Crippen molar-refractivity contribution >= 4 is 39.6 Å². The van der Waals surface area contributed by atoms with E-state index in [1.807, 2.05) is 18.2 Å². The van der Waals surface area contributed by atoms with Gasteiger partial charge in [0.25, 0.3) is 0 Å². The summed E-state index contributed by atoms with van der Waals surface area (Å²) in [5.74, 6) is 0. The minimum absolute atomic E-state index is 0.462. The molecule has 1 heterocycles. The van der Waals surface area contributed by atoms with Crippen LogP contribution in [0.25, 0.3) is 21.5 Å². The predicted octanol–water partition coefficient (Wildman–Crippen LogP) is 3.55. The van der Waals surface area contributed by atoms with Gasteiger partial charge in [-0.2, -0.15) is 0 Å². The highest BCUT2D eigenvalue weighted by molar-refractivity contribution is 6.02. The van der Waals surface area contributed by atoms with Crippen molar-refractivity contribution in [2.75, 3.05) is 0 Å². The van der Waals surface area contributed by atoms with Gasteiger partial charge >= 0.3 is 6.03 Å². The summed E-state index contributed by atoms with van der Waals surface area (Å²) in [7, 11) is 0. The summed E-state index contributed by atoms with van der Waals surface area (Å²) in [4.78, 5) is 17.1. The number of primary amides is 1. The molecule has 4 rings (SSSR count). The van der Waals surface area contributed by atoms with Crippen LogP contribution in [-0.4, -0.2) is 17.3 Å². The molecule has 0 aromatic heterocycles. The molecule has 21 heavy (non-hydrogen) atoms. The van der Waals surface area contributed by atoms with Crippen LogP contribution in [0.5, 0.6) is 0 Å². The second-order valence-electron chi connectivity index (χ2n) is 5.19. The fraction of sp³-hybridized carbons (Fsp3) is 0.0588. The van der Waals surface area contributed by atoms with Crippen molar-refractivity contribution in [2.45, 2.75) is 6.54 Å². The molecule has 2 amide bonds. The number of nitrogens with two attached hydrogens (primary N) is 1. The number of hydrogen-bond acceptors (Lipinski definition) is 2. The van der Waals surface area contributed by atoms with Crippen LogP contribution in [0.3, 0.4) is 0 Å². The van der Waals surface area contributed by atoms with E-state index in [2.05, 4.69) is 35.3 Å². The third kappa shape index (κ3) is 1.84. The van der Waals surface area contributed by atoms with E-state index in [4.69, 9.17) is 5.73 Å². The number of carbonyl (C=O) groups excluding carboxylic acids is 1. The lowest BCUT2D eigenvalue weighted by Gasteiger charge is -2.22. The van der Waals surface area contributed by atoms with Crippen molar-refractivity contribution in [3.8, 4) is 0 Å². The topological polar surface area (TPSA) is 58.7 Å². The van der Waals surface area contributed by atoms with Crippen LogP contribution >= 0.6 is 0 Å². The minimum Gasteiger partial charge on any atom is -0.351 e. The highest BCUT2D eigenvalue weighted by Crippen LogP contribution is 2.33. The van der Waals surface area contributed by atoms with Gasteiger partial charge in [0, 0.05) is 5.56 Å². The molecule has 1 aliphatic heterocycles. The third-order valence-electron chi connectivity index (χ3n) is 3.92. The van der Waals surface area contributed by atoms with Crippen LogP contribution < -0.4 is 5.73 Å². The molecule has 2 N–H and O–H groups in total. The number of hydrogen-bond donors (Lipinski definition) is 1. The van der Waals surface area contributed by atoms with Crippen LogP contribution in [0.2, 0.25) is 0 Å². The standard InChI is InChI=1S/C17H13N3O/c18-17(21)20-9-15-14-8-12-4-2-1-3-11(12)7-13(14)5-6-16(15)19-10-20/h1-8,10H,9H2,(H2,18,21). The van der Waals surface area contributed by atoms with E-state index in [1.54, 1.807) is 0 Å². The fourth-order valence-electron chi connectivity index (χ4n) is 2.83. The Morgan fingerprint density at radius 1 is 1.05 bits per heavy atom. The zero-order valence-corrected chi connectivity index (χ0v) is 11.3. The van der Waals surface area contributed by atoms with Crippen LogP contribution in [0.4, 0.5) is 10.5 Å². The molecule has 0 radical (unpaired) electrons. The Balaban J connectivity index is 2.00. The van der Waals surface area contributed by atoms with E-state index in [9.17, 15) is 4.79 Å². The summed E-state index contributed by atoms with van der Waals surface area (Å²) in [6.45, 7) is 0.462. The second kappa shape index (κ2) is 4.31.